The van der Waals surface area contributed by atoms with Crippen LogP contribution >= 0.6 is 0 Å². The van der Waals surface area contributed by atoms with E-state index in [9.17, 15) is 19.5 Å². The topological polar surface area (TPSA) is 71.4 Å². The lowest BCUT2D eigenvalue weighted by molar-refractivity contribution is 0.108. The molecule has 3 aromatic carbocycles. The van der Waals surface area contributed by atoms with E-state index in [1.807, 2.05) is 6.07 Å². The van der Waals surface area contributed by atoms with Gasteiger partial charge in [0, 0.05) is 27.3 Å². The summed E-state index contributed by atoms with van der Waals surface area (Å²) in [6.45, 7) is 0. The minimum Gasteiger partial charge on any atom is -0.515 e. The lowest BCUT2D eigenvalue weighted by Crippen LogP contribution is -2.10. The summed E-state index contributed by atoms with van der Waals surface area (Å²) < 4.78 is 0. The molecule has 0 fully saturated rings. The minimum atomic E-state index is 0.0503. The Labute approximate surface area is 119 Å². The van der Waals surface area contributed by atoms with Gasteiger partial charge in [0.25, 0.3) is 0 Å². The average molecular weight is 278 g/mol. The van der Waals surface area contributed by atoms with E-state index < -0.39 is 0 Å². The first-order valence-electron chi connectivity index (χ1n) is 6.27. The first-order chi connectivity index (χ1) is 10.3. The van der Waals surface area contributed by atoms with Crippen molar-refractivity contribution in [1.29, 1.82) is 0 Å². The van der Waals surface area contributed by atoms with E-state index in [1.54, 1.807) is 24.3 Å². The van der Waals surface area contributed by atoms with Crippen molar-refractivity contribution in [2.24, 2.45) is 0 Å². The van der Waals surface area contributed by atoms with Gasteiger partial charge in [0.15, 0.2) is 18.9 Å². The van der Waals surface area contributed by atoms with Crippen LogP contribution in [0.5, 0.6) is 0 Å². The van der Waals surface area contributed by atoms with Crippen LogP contribution in [0.25, 0.3) is 27.8 Å². The van der Waals surface area contributed by atoms with E-state index in [0.29, 0.717) is 40.2 Å². The Morgan fingerprint density at radius 1 is 0.762 bits per heavy atom. The second-order valence-corrected chi connectivity index (χ2v) is 4.66. The smallest absolute Gasteiger partial charge is 0.151 e. The highest BCUT2D eigenvalue weighted by atomic mass is 16.2. The Kier molecular flexibility index (Phi) is 2.99. The molecular formula is C17H10O4. The van der Waals surface area contributed by atoms with E-state index in [0.717, 1.165) is 11.6 Å². The Morgan fingerprint density at radius 2 is 1.48 bits per heavy atom. The van der Waals surface area contributed by atoms with Gasteiger partial charge in [-0.25, -0.2) is 0 Å². The van der Waals surface area contributed by atoms with Gasteiger partial charge in [-0.1, -0.05) is 30.3 Å². The number of carbonyl (C=O) groups excluding carboxylic acids is 3. The molecule has 0 radical (unpaired) electrons. The molecule has 1 N–H and O–H groups in total. The van der Waals surface area contributed by atoms with Gasteiger partial charge in [0.2, 0.25) is 0 Å². The van der Waals surface area contributed by atoms with Crippen LogP contribution in [0.2, 0.25) is 0 Å². The van der Waals surface area contributed by atoms with Gasteiger partial charge in [-0.15, -0.1) is 0 Å². The molecule has 21 heavy (non-hydrogen) atoms. The fraction of sp³-hybridized carbons (Fsp3) is 0. The molecule has 102 valence electrons. The van der Waals surface area contributed by atoms with Gasteiger partial charge in [-0.2, -0.15) is 0 Å². The van der Waals surface area contributed by atoms with Gasteiger partial charge in [-0.05, 0) is 16.2 Å². The van der Waals surface area contributed by atoms with E-state index in [-0.39, 0.29) is 16.7 Å². The predicted octanol–water partition coefficient (Wildman–Crippen LogP) is 2.45. The number of rotatable bonds is 3. The number of hydrogen-bond acceptors (Lipinski definition) is 4. The number of hydrogen-bond donors (Lipinski definition) is 1. The molecule has 0 atom stereocenters. The molecule has 4 heteroatoms. The zero-order valence-electron chi connectivity index (χ0n) is 10.9. The summed E-state index contributed by atoms with van der Waals surface area (Å²) in [5, 5.41) is 12.4. The highest BCUT2D eigenvalue weighted by molar-refractivity contribution is 6.23. The van der Waals surface area contributed by atoms with E-state index in [1.165, 1.54) is 0 Å². The maximum Gasteiger partial charge on any atom is 0.151 e. The number of aliphatic hydroxyl groups excluding tert-OH is 1. The van der Waals surface area contributed by atoms with Crippen molar-refractivity contribution in [2.45, 2.75) is 0 Å². The van der Waals surface area contributed by atoms with Crippen LogP contribution in [0.3, 0.4) is 0 Å². The lowest BCUT2D eigenvalue weighted by Gasteiger charge is -2.13. The summed E-state index contributed by atoms with van der Waals surface area (Å²) in [6.07, 6.45) is 2.53. The minimum absolute atomic E-state index is 0.0503. The Hall–Kier alpha value is -3.01. The molecule has 0 aliphatic heterocycles. The third-order valence-corrected chi connectivity index (χ3v) is 3.71. The summed E-state index contributed by atoms with van der Waals surface area (Å²) in [7, 11) is 0. The van der Waals surface area contributed by atoms with Crippen molar-refractivity contribution in [1.82, 2.24) is 0 Å². The molecule has 0 aliphatic carbocycles. The van der Waals surface area contributed by atoms with Gasteiger partial charge >= 0.3 is 0 Å². The predicted molar refractivity (Wildman–Crippen MR) is 79.9 cm³/mol. The SMILES string of the molecule is O=Cc1c(C=O)c2cccc3ccc(=CO)c(c1C=O)c32. The Bertz CT molecular complexity index is 954. The van der Waals surface area contributed by atoms with Gasteiger partial charge in [0.1, 0.15) is 0 Å². The molecule has 0 saturated heterocycles. The molecule has 0 saturated carbocycles. The normalized spacial score (nSPS) is 11.9. The van der Waals surface area contributed by atoms with Gasteiger partial charge in [-0.3, -0.25) is 14.4 Å². The maximum absolute atomic E-state index is 11.5. The number of benzene rings is 3. The largest absolute Gasteiger partial charge is 0.515 e. The fourth-order valence-corrected chi connectivity index (χ4v) is 2.82. The Balaban J connectivity index is 2.82. The van der Waals surface area contributed by atoms with Crippen molar-refractivity contribution in [3.05, 3.63) is 52.2 Å². The van der Waals surface area contributed by atoms with Crippen LogP contribution in [-0.4, -0.2) is 24.0 Å². The van der Waals surface area contributed by atoms with Crippen molar-refractivity contribution in [3.63, 3.8) is 0 Å². The molecule has 0 aliphatic rings. The number of carbonyl (C=O) groups is 3. The van der Waals surface area contributed by atoms with Crippen molar-refractivity contribution < 1.29 is 19.5 Å². The fourth-order valence-electron chi connectivity index (χ4n) is 2.82. The molecule has 4 nitrogen and oxygen atoms in total. The van der Waals surface area contributed by atoms with Crippen LogP contribution in [0, 0.1) is 0 Å². The van der Waals surface area contributed by atoms with Crippen LogP contribution in [0.4, 0.5) is 0 Å². The summed E-state index contributed by atoms with van der Waals surface area (Å²) in [4.78, 5) is 34.2. The standard InChI is InChI=1S/C17H10O4/c18-6-11-5-4-10-2-1-3-12-13(7-19)14(8-20)15(9-21)17(11)16(10)12/h1-9,18H. The van der Waals surface area contributed by atoms with Crippen LogP contribution in [0.15, 0.2) is 30.3 Å². The van der Waals surface area contributed by atoms with Crippen molar-refractivity contribution in [3.8, 4) is 0 Å². The maximum atomic E-state index is 11.5. The van der Waals surface area contributed by atoms with Crippen molar-refractivity contribution >= 4 is 46.7 Å². The molecule has 0 aromatic heterocycles. The molecule has 0 amide bonds. The lowest BCUT2D eigenvalue weighted by atomic mass is 9.89. The molecule has 3 aromatic rings. The summed E-state index contributed by atoms with van der Waals surface area (Å²) in [5.74, 6) is 0. The molecule has 3 rings (SSSR count). The third-order valence-electron chi connectivity index (χ3n) is 3.71. The number of aliphatic hydroxyl groups is 1. The zero-order valence-corrected chi connectivity index (χ0v) is 10.9. The average Bonchev–Trinajstić information content (AvgIpc) is 2.54. The number of aldehydes is 3. The zero-order chi connectivity index (χ0) is 15.0. The second-order valence-electron chi connectivity index (χ2n) is 4.66. The molecule has 0 spiro atoms. The van der Waals surface area contributed by atoms with Gasteiger partial charge in [0.05, 0.1) is 6.26 Å². The van der Waals surface area contributed by atoms with Crippen LogP contribution in [-0.2, 0) is 0 Å². The first kappa shape index (κ1) is 13.0. The quantitative estimate of drug-likeness (QED) is 0.747. The molecule has 0 heterocycles. The first-order valence-corrected chi connectivity index (χ1v) is 6.27. The third kappa shape index (κ3) is 1.66. The van der Waals surface area contributed by atoms with E-state index in [4.69, 9.17) is 0 Å². The Morgan fingerprint density at radius 3 is 2.10 bits per heavy atom. The van der Waals surface area contributed by atoms with Crippen LogP contribution in [0.1, 0.15) is 31.1 Å². The highest BCUT2D eigenvalue weighted by Crippen LogP contribution is 2.31. The second kappa shape index (κ2) is 4.83. The van der Waals surface area contributed by atoms with Gasteiger partial charge < -0.3 is 5.11 Å². The van der Waals surface area contributed by atoms with Crippen molar-refractivity contribution in [2.75, 3.05) is 0 Å². The van der Waals surface area contributed by atoms with E-state index in [2.05, 4.69) is 0 Å². The van der Waals surface area contributed by atoms with E-state index >= 15 is 0 Å². The molecular weight excluding hydrogens is 268 g/mol. The highest BCUT2D eigenvalue weighted by Gasteiger charge is 2.18. The van der Waals surface area contributed by atoms with Crippen LogP contribution < -0.4 is 5.22 Å². The molecule has 0 bridgehead atoms. The monoisotopic (exact) mass is 278 g/mol. The molecule has 0 unspecified atom stereocenters. The summed E-state index contributed by atoms with van der Waals surface area (Å²) >= 11 is 0. The summed E-state index contributed by atoms with van der Waals surface area (Å²) in [5.41, 5.74) is 0.367. The summed E-state index contributed by atoms with van der Waals surface area (Å²) in [6, 6.07) is 8.81.